The molecule has 1 aromatic rings. The number of carbonyl (C=O) groups excluding carboxylic acids is 2. The predicted molar refractivity (Wildman–Crippen MR) is 64.6 cm³/mol. The lowest BCUT2D eigenvalue weighted by atomic mass is 10.2. The molecule has 0 spiro atoms. The van der Waals surface area contributed by atoms with E-state index in [1.807, 2.05) is 31.3 Å². The van der Waals surface area contributed by atoms with E-state index in [4.69, 9.17) is 0 Å². The monoisotopic (exact) mass is 233 g/mol. The minimum absolute atomic E-state index is 0.233. The molecule has 1 aliphatic rings. The normalized spacial score (nSPS) is 15.9. The summed E-state index contributed by atoms with van der Waals surface area (Å²) in [5.41, 5.74) is 2.07. The van der Waals surface area contributed by atoms with Gasteiger partial charge in [-0.25, -0.2) is 0 Å². The van der Waals surface area contributed by atoms with Crippen LogP contribution in [-0.2, 0) is 16.1 Å². The van der Waals surface area contributed by atoms with Gasteiger partial charge in [0.1, 0.15) is 0 Å². The SMILES string of the molecule is CNCc1ccc(N2CC(=O)NC(=O)C2)cc1. The third-order valence-electron chi connectivity index (χ3n) is 2.63. The molecule has 1 saturated heterocycles. The first-order valence-electron chi connectivity index (χ1n) is 5.50. The van der Waals surface area contributed by atoms with Gasteiger partial charge in [-0.15, -0.1) is 0 Å². The number of rotatable bonds is 3. The second-order valence-corrected chi connectivity index (χ2v) is 4.02. The van der Waals surface area contributed by atoms with E-state index in [0.29, 0.717) is 0 Å². The Balaban J connectivity index is 2.11. The summed E-state index contributed by atoms with van der Waals surface area (Å²) in [4.78, 5) is 24.3. The van der Waals surface area contributed by atoms with Crippen LogP contribution in [0.4, 0.5) is 5.69 Å². The summed E-state index contributed by atoms with van der Waals surface area (Å²) in [6.07, 6.45) is 0. The average molecular weight is 233 g/mol. The molecular formula is C12H15N3O2. The van der Waals surface area contributed by atoms with Crippen molar-refractivity contribution in [2.45, 2.75) is 6.54 Å². The molecular weight excluding hydrogens is 218 g/mol. The maximum atomic E-state index is 11.2. The molecule has 5 heteroatoms. The molecule has 17 heavy (non-hydrogen) atoms. The first kappa shape index (κ1) is 11.6. The van der Waals surface area contributed by atoms with Crippen molar-refractivity contribution < 1.29 is 9.59 Å². The highest BCUT2D eigenvalue weighted by Gasteiger charge is 2.22. The van der Waals surface area contributed by atoms with E-state index in [-0.39, 0.29) is 24.9 Å². The number of nitrogens with zero attached hydrogens (tertiary/aromatic N) is 1. The third-order valence-corrected chi connectivity index (χ3v) is 2.63. The van der Waals surface area contributed by atoms with Crippen molar-refractivity contribution in [2.24, 2.45) is 0 Å². The van der Waals surface area contributed by atoms with Crippen LogP contribution < -0.4 is 15.5 Å². The van der Waals surface area contributed by atoms with Crippen LogP contribution in [-0.4, -0.2) is 32.0 Å². The molecule has 2 amide bonds. The molecule has 1 heterocycles. The highest BCUT2D eigenvalue weighted by molar-refractivity contribution is 6.02. The minimum Gasteiger partial charge on any atom is -0.353 e. The Morgan fingerprint density at radius 1 is 1.18 bits per heavy atom. The van der Waals surface area contributed by atoms with Gasteiger partial charge in [0.15, 0.2) is 0 Å². The van der Waals surface area contributed by atoms with Gasteiger partial charge in [-0.3, -0.25) is 14.9 Å². The largest absolute Gasteiger partial charge is 0.353 e. The van der Waals surface area contributed by atoms with Gasteiger partial charge in [0.2, 0.25) is 11.8 Å². The molecule has 0 bridgehead atoms. The van der Waals surface area contributed by atoms with Gasteiger partial charge in [0.25, 0.3) is 0 Å². The van der Waals surface area contributed by atoms with E-state index < -0.39 is 0 Å². The zero-order valence-electron chi connectivity index (χ0n) is 9.69. The van der Waals surface area contributed by atoms with Crippen molar-refractivity contribution in [1.82, 2.24) is 10.6 Å². The van der Waals surface area contributed by atoms with Crippen molar-refractivity contribution in [3.05, 3.63) is 29.8 Å². The number of anilines is 1. The molecule has 1 aromatic carbocycles. The smallest absolute Gasteiger partial charge is 0.246 e. The summed E-state index contributed by atoms with van der Waals surface area (Å²) in [5, 5.41) is 5.35. The van der Waals surface area contributed by atoms with Gasteiger partial charge in [0.05, 0.1) is 13.1 Å². The number of amides is 2. The van der Waals surface area contributed by atoms with Gasteiger partial charge in [0, 0.05) is 12.2 Å². The number of carbonyl (C=O) groups is 2. The minimum atomic E-state index is -0.249. The van der Waals surface area contributed by atoms with Crippen LogP contribution in [0.3, 0.4) is 0 Å². The molecule has 5 nitrogen and oxygen atoms in total. The Morgan fingerprint density at radius 2 is 1.76 bits per heavy atom. The molecule has 0 radical (unpaired) electrons. The number of imide groups is 1. The van der Waals surface area contributed by atoms with E-state index in [2.05, 4.69) is 10.6 Å². The standard InChI is InChI=1S/C12H15N3O2/c1-13-6-9-2-4-10(5-3-9)15-7-11(16)14-12(17)8-15/h2-5,13H,6-8H2,1H3,(H,14,16,17). The first-order chi connectivity index (χ1) is 8.19. The van der Waals surface area contributed by atoms with Crippen LogP contribution >= 0.6 is 0 Å². The Bertz CT molecular complexity index is 412. The van der Waals surface area contributed by atoms with Crippen LogP contribution in [0.5, 0.6) is 0 Å². The number of hydrogen-bond donors (Lipinski definition) is 2. The lowest BCUT2D eigenvalue weighted by Gasteiger charge is -2.27. The van der Waals surface area contributed by atoms with Gasteiger partial charge >= 0.3 is 0 Å². The van der Waals surface area contributed by atoms with Gasteiger partial charge in [-0.1, -0.05) is 12.1 Å². The van der Waals surface area contributed by atoms with Gasteiger partial charge in [-0.2, -0.15) is 0 Å². The topological polar surface area (TPSA) is 61.4 Å². The second-order valence-electron chi connectivity index (χ2n) is 4.02. The Hall–Kier alpha value is -1.88. The van der Waals surface area contributed by atoms with E-state index in [9.17, 15) is 9.59 Å². The molecule has 0 aromatic heterocycles. The molecule has 1 aliphatic heterocycles. The number of nitrogens with one attached hydrogen (secondary N) is 2. The Labute approximate surface area is 99.8 Å². The average Bonchev–Trinajstić information content (AvgIpc) is 2.29. The summed E-state index contributed by atoms with van der Waals surface area (Å²) >= 11 is 0. The maximum Gasteiger partial charge on any atom is 0.246 e. The zero-order valence-corrected chi connectivity index (χ0v) is 9.69. The van der Waals surface area contributed by atoms with Crippen LogP contribution in [0.25, 0.3) is 0 Å². The summed E-state index contributed by atoms with van der Waals surface area (Å²) < 4.78 is 0. The molecule has 0 unspecified atom stereocenters. The fraction of sp³-hybridized carbons (Fsp3) is 0.333. The highest BCUT2D eigenvalue weighted by atomic mass is 16.2. The lowest BCUT2D eigenvalue weighted by molar-refractivity contribution is -0.130. The Kier molecular flexibility index (Phi) is 3.39. The number of piperazine rings is 1. The van der Waals surface area contributed by atoms with Crippen molar-refractivity contribution >= 4 is 17.5 Å². The quantitative estimate of drug-likeness (QED) is 0.714. The van der Waals surface area contributed by atoms with Crippen LogP contribution in [0.2, 0.25) is 0 Å². The first-order valence-corrected chi connectivity index (χ1v) is 5.50. The molecule has 90 valence electrons. The fourth-order valence-electron chi connectivity index (χ4n) is 1.85. The van der Waals surface area contributed by atoms with Crippen molar-refractivity contribution in [1.29, 1.82) is 0 Å². The van der Waals surface area contributed by atoms with Crippen molar-refractivity contribution in [3.63, 3.8) is 0 Å². The second kappa shape index (κ2) is 4.97. The molecule has 2 rings (SSSR count). The van der Waals surface area contributed by atoms with E-state index >= 15 is 0 Å². The summed E-state index contributed by atoms with van der Waals surface area (Å²) in [7, 11) is 1.89. The van der Waals surface area contributed by atoms with Crippen LogP contribution in [0, 0.1) is 0 Å². The van der Waals surface area contributed by atoms with Gasteiger partial charge < -0.3 is 10.2 Å². The fourth-order valence-corrected chi connectivity index (χ4v) is 1.85. The van der Waals surface area contributed by atoms with E-state index in [1.54, 1.807) is 4.90 Å². The molecule has 0 atom stereocenters. The lowest BCUT2D eigenvalue weighted by Crippen LogP contribution is -2.51. The van der Waals surface area contributed by atoms with Gasteiger partial charge in [-0.05, 0) is 24.7 Å². The van der Waals surface area contributed by atoms with E-state index in [1.165, 1.54) is 5.56 Å². The zero-order chi connectivity index (χ0) is 12.3. The summed E-state index contributed by atoms with van der Waals surface area (Å²) in [6.45, 7) is 1.27. The van der Waals surface area contributed by atoms with Crippen LogP contribution in [0.1, 0.15) is 5.56 Å². The Morgan fingerprint density at radius 3 is 2.29 bits per heavy atom. The third kappa shape index (κ3) is 2.82. The van der Waals surface area contributed by atoms with Crippen molar-refractivity contribution in [3.8, 4) is 0 Å². The number of benzene rings is 1. The van der Waals surface area contributed by atoms with Crippen LogP contribution in [0.15, 0.2) is 24.3 Å². The molecule has 0 aliphatic carbocycles. The summed E-state index contributed by atoms with van der Waals surface area (Å²) in [6, 6.07) is 7.84. The van der Waals surface area contributed by atoms with E-state index in [0.717, 1.165) is 12.2 Å². The maximum absolute atomic E-state index is 11.2. The molecule has 0 saturated carbocycles. The van der Waals surface area contributed by atoms with Crippen molar-refractivity contribution in [2.75, 3.05) is 25.0 Å². The number of hydrogen-bond acceptors (Lipinski definition) is 4. The summed E-state index contributed by atoms with van der Waals surface area (Å²) in [5.74, 6) is -0.499. The predicted octanol–water partition coefficient (Wildman–Crippen LogP) is -0.131. The molecule has 2 N–H and O–H groups in total. The highest BCUT2D eigenvalue weighted by Crippen LogP contribution is 2.16. The molecule has 1 fully saturated rings.